The molecule has 0 aliphatic heterocycles. The molecule has 1 N–H and O–H groups in total. The molecule has 0 aromatic heterocycles. The van der Waals surface area contributed by atoms with Gasteiger partial charge >= 0.3 is 0 Å². The maximum Gasteiger partial charge on any atom is 0.264 e. The fourth-order valence-corrected chi connectivity index (χ4v) is 5.45. The van der Waals surface area contributed by atoms with E-state index < -0.39 is 28.5 Å². The number of amides is 2. The van der Waals surface area contributed by atoms with Crippen LogP contribution in [-0.4, -0.2) is 50.9 Å². The Labute approximate surface area is 239 Å². The van der Waals surface area contributed by atoms with E-state index in [1.54, 1.807) is 43.3 Å². The van der Waals surface area contributed by atoms with Gasteiger partial charge in [0.05, 0.1) is 17.7 Å². The number of methoxy groups -OCH3 is 1. The van der Waals surface area contributed by atoms with Crippen LogP contribution in [0.3, 0.4) is 0 Å². The zero-order chi connectivity index (χ0) is 28.7. The minimum Gasteiger partial charge on any atom is -0.497 e. The molecule has 0 fully saturated rings. The van der Waals surface area contributed by atoms with Crippen molar-refractivity contribution in [1.29, 1.82) is 0 Å². The van der Waals surface area contributed by atoms with Crippen molar-refractivity contribution in [2.24, 2.45) is 0 Å². The average molecular weight is 593 g/mol. The monoisotopic (exact) mass is 591 g/mol. The van der Waals surface area contributed by atoms with E-state index in [9.17, 15) is 18.0 Å². The summed E-state index contributed by atoms with van der Waals surface area (Å²) >= 11 is 12.1. The van der Waals surface area contributed by atoms with Gasteiger partial charge in [-0.3, -0.25) is 13.9 Å². The second-order valence-corrected chi connectivity index (χ2v) is 11.9. The quantitative estimate of drug-likeness (QED) is 0.333. The molecule has 0 aliphatic rings. The molecule has 11 heteroatoms. The Morgan fingerprint density at radius 1 is 0.872 bits per heavy atom. The summed E-state index contributed by atoms with van der Waals surface area (Å²) in [7, 11) is -2.71. The van der Waals surface area contributed by atoms with Crippen molar-refractivity contribution in [2.75, 3.05) is 18.0 Å². The summed E-state index contributed by atoms with van der Waals surface area (Å²) in [5.41, 5.74) is 0.974. The van der Waals surface area contributed by atoms with Crippen molar-refractivity contribution < 1.29 is 22.7 Å². The number of halogens is 2. The summed E-state index contributed by atoms with van der Waals surface area (Å²) in [5, 5.41) is 3.76. The highest BCUT2D eigenvalue weighted by atomic mass is 35.5. The first-order chi connectivity index (χ1) is 18.4. The van der Waals surface area contributed by atoms with E-state index in [-0.39, 0.29) is 29.1 Å². The topological polar surface area (TPSA) is 96.0 Å². The van der Waals surface area contributed by atoms with Crippen LogP contribution >= 0.6 is 23.2 Å². The normalized spacial score (nSPS) is 12.1. The third-order valence-corrected chi connectivity index (χ3v) is 8.20. The number of hydrogen-bond donors (Lipinski definition) is 1. The molecule has 3 aromatic rings. The molecule has 0 spiro atoms. The van der Waals surface area contributed by atoms with Gasteiger partial charge < -0.3 is 15.0 Å². The van der Waals surface area contributed by atoms with Crippen LogP contribution in [0.1, 0.15) is 26.3 Å². The van der Waals surface area contributed by atoms with Crippen molar-refractivity contribution in [1.82, 2.24) is 10.2 Å². The number of nitrogens with zero attached hydrogens (tertiary/aromatic N) is 2. The van der Waals surface area contributed by atoms with E-state index >= 15 is 0 Å². The smallest absolute Gasteiger partial charge is 0.264 e. The molecule has 1 unspecified atom stereocenters. The van der Waals surface area contributed by atoms with Gasteiger partial charge in [0.2, 0.25) is 11.8 Å². The van der Waals surface area contributed by atoms with Gasteiger partial charge in [0.15, 0.2) is 0 Å². The van der Waals surface area contributed by atoms with E-state index in [1.165, 1.54) is 48.4 Å². The summed E-state index contributed by atoms with van der Waals surface area (Å²) in [5.74, 6) is -0.436. The zero-order valence-electron chi connectivity index (χ0n) is 22.1. The molecule has 0 heterocycles. The SMILES string of the molecule is COc1ccc(S(=O)(=O)N(CC(=O)N(Cc2ccc(Cl)cc2)C(C)C(=O)NC(C)C)c2ccc(Cl)cc2)cc1. The van der Waals surface area contributed by atoms with Crippen LogP contribution in [0.15, 0.2) is 77.7 Å². The fourth-order valence-electron chi connectivity index (χ4n) is 3.79. The van der Waals surface area contributed by atoms with E-state index in [0.717, 1.165) is 9.87 Å². The predicted molar refractivity (Wildman–Crippen MR) is 154 cm³/mol. The molecule has 0 saturated carbocycles. The summed E-state index contributed by atoms with van der Waals surface area (Å²) < 4.78 is 33.8. The Hall–Kier alpha value is -3.27. The molecule has 1 atom stereocenters. The Bertz CT molecular complexity index is 1380. The van der Waals surface area contributed by atoms with Gasteiger partial charge in [-0.15, -0.1) is 0 Å². The van der Waals surface area contributed by atoms with E-state index in [2.05, 4.69) is 5.32 Å². The molecule has 0 bridgehead atoms. The third kappa shape index (κ3) is 7.88. The maximum atomic E-state index is 13.8. The average Bonchev–Trinajstić information content (AvgIpc) is 2.91. The largest absolute Gasteiger partial charge is 0.497 e. The van der Waals surface area contributed by atoms with Crippen LogP contribution in [-0.2, 0) is 26.2 Å². The van der Waals surface area contributed by atoms with Crippen LogP contribution < -0.4 is 14.4 Å². The summed E-state index contributed by atoms with van der Waals surface area (Å²) in [6.07, 6.45) is 0. The zero-order valence-corrected chi connectivity index (χ0v) is 24.4. The number of sulfonamides is 1. The highest BCUT2D eigenvalue weighted by molar-refractivity contribution is 7.92. The van der Waals surface area contributed by atoms with Gasteiger partial charge in [0.1, 0.15) is 18.3 Å². The van der Waals surface area contributed by atoms with Gasteiger partial charge in [-0.1, -0.05) is 35.3 Å². The van der Waals surface area contributed by atoms with Crippen molar-refractivity contribution >= 4 is 50.7 Å². The lowest BCUT2D eigenvalue weighted by atomic mass is 10.1. The Balaban J connectivity index is 2.02. The van der Waals surface area contributed by atoms with Crippen molar-refractivity contribution in [3.05, 3.63) is 88.4 Å². The molecular formula is C28H31Cl2N3O5S. The van der Waals surface area contributed by atoms with E-state index in [1.807, 2.05) is 13.8 Å². The number of carbonyl (C=O) groups excluding carboxylic acids is 2. The lowest BCUT2D eigenvalue weighted by molar-refractivity contribution is -0.139. The molecule has 0 aliphatic carbocycles. The number of carbonyl (C=O) groups is 2. The van der Waals surface area contributed by atoms with Gasteiger partial charge in [-0.25, -0.2) is 8.42 Å². The third-order valence-electron chi connectivity index (χ3n) is 5.91. The first kappa shape index (κ1) is 30.3. The highest BCUT2D eigenvalue weighted by Gasteiger charge is 2.32. The number of ether oxygens (including phenoxy) is 1. The fraction of sp³-hybridized carbons (Fsp3) is 0.286. The van der Waals surface area contributed by atoms with E-state index in [0.29, 0.717) is 15.8 Å². The molecule has 3 aromatic carbocycles. The Kier molecular flexibility index (Phi) is 10.2. The van der Waals surface area contributed by atoms with Gasteiger partial charge in [-0.2, -0.15) is 0 Å². The maximum absolute atomic E-state index is 13.8. The number of hydrogen-bond acceptors (Lipinski definition) is 5. The van der Waals surface area contributed by atoms with Crippen LogP contribution in [0, 0.1) is 0 Å². The standard InChI is InChI=1S/C28H31Cl2N3O5S/c1-19(2)31-28(35)20(3)32(17-21-5-7-22(29)8-6-21)27(34)18-33(24-11-9-23(30)10-12-24)39(36,37)26-15-13-25(38-4)14-16-26/h5-16,19-20H,17-18H2,1-4H3,(H,31,35). The van der Waals surface area contributed by atoms with Crippen molar-refractivity contribution in [3.8, 4) is 5.75 Å². The minimum atomic E-state index is -4.19. The first-order valence-electron chi connectivity index (χ1n) is 12.2. The predicted octanol–water partition coefficient (Wildman–Crippen LogP) is 5.14. The van der Waals surface area contributed by atoms with Crippen LogP contribution in [0.4, 0.5) is 5.69 Å². The van der Waals surface area contributed by atoms with Gasteiger partial charge in [0.25, 0.3) is 10.0 Å². The first-order valence-corrected chi connectivity index (χ1v) is 14.4. The summed E-state index contributed by atoms with van der Waals surface area (Å²) in [6, 6.07) is 17.9. The lowest BCUT2D eigenvalue weighted by Crippen LogP contribution is -2.52. The molecule has 0 radical (unpaired) electrons. The van der Waals surface area contributed by atoms with Crippen molar-refractivity contribution in [2.45, 2.75) is 44.3 Å². The summed E-state index contributed by atoms with van der Waals surface area (Å²) in [6.45, 7) is 4.76. The van der Waals surface area contributed by atoms with Gasteiger partial charge in [0, 0.05) is 22.6 Å². The van der Waals surface area contributed by atoms with Crippen molar-refractivity contribution in [3.63, 3.8) is 0 Å². The second-order valence-electron chi connectivity index (χ2n) is 9.15. The molecule has 208 valence electrons. The van der Waals surface area contributed by atoms with Gasteiger partial charge in [-0.05, 0) is 87.0 Å². The Morgan fingerprint density at radius 2 is 1.41 bits per heavy atom. The Morgan fingerprint density at radius 3 is 1.92 bits per heavy atom. The van der Waals surface area contributed by atoms with Crippen LogP contribution in [0.5, 0.6) is 5.75 Å². The second kappa shape index (κ2) is 13.2. The number of anilines is 1. The highest BCUT2D eigenvalue weighted by Crippen LogP contribution is 2.27. The number of benzene rings is 3. The molecule has 3 rings (SSSR count). The molecular weight excluding hydrogens is 561 g/mol. The lowest BCUT2D eigenvalue weighted by Gasteiger charge is -2.32. The van der Waals surface area contributed by atoms with E-state index in [4.69, 9.17) is 27.9 Å². The van der Waals surface area contributed by atoms with Crippen LogP contribution in [0.2, 0.25) is 10.0 Å². The molecule has 8 nitrogen and oxygen atoms in total. The number of rotatable bonds is 11. The number of nitrogens with one attached hydrogen (secondary N) is 1. The molecule has 0 saturated heterocycles. The summed E-state index contributed by atoms with van der Waals surface area (Å²) in [4.78, 5) is 28.1. The minimum absolute atomic E-state index is 0.0269. The molecule has 39 heavy (non-hydrogen) atoms. The molecule has 2 amide bonds. The van der Waals surface area contributed by atoms with Crippen LogP contribution in [0.25, 0.3) is 0 Å².